The molecule has 1 aliphatic heterocycles. The third kappa shape index (κ3) is 6.34. The molecule has 0 bridgehead atoms. The van der Waals surface area contributed by atoms with E-state index >= 15 is 0 Å². The number of anilines is 1. The Balaban J connectivity index is 1.50. The zero-order valence-corrected chi connectivity index (χ0v) is 20.2. The van der Waals surface area contributed by atoms with Crippen LogP contribution in [-0.2, 0) is 16.1 Å². The summed E-state index contributed by atoms with van der Waals surface area (Å²) in [5.41, 5.74) is 2.17. The molecule has 0 radical (unpaired) electrons. The summed E-state index contributed by atoms with van der Waals surface area (Å²) in [6.45, 7) is 9.45. The minimum Gasteiger partial charge on any atom is -0.337 e. The van der Waals surface area contributed by atoms with Crippen molar-refractivity contribution in [1.29, 1.82) is 0 Å². The number of nitrogens with one attached hydrogen (secondary N) is 1. The van der Waals surface area contributed by atoms with Crippen molar-refractivity contribution in [2.75, 3.05) is 38.0 Å². The summed E-state index contributed by atoms with van der Waals surface area (Å²) in [7, 11) is 0. The maximum atomic E-state index is 12.6. The third-order valence-corrected chi connectivity index (χ3v) is 5.97. The molecule has 0 aliphatic carbocycles. The van der Waals surface area contributed by atoms with Gasteiger partial charge in [-0.3, -0.25) is 19.2 Å². The summed E-state index contributed by atoms with van der Waals surface area (Å²) < 4.78 is 1.78. The summed E-state index contributed by atoms with van der Waals surface area (Å²) >= 11 is 12.5. The van der Waals surface area contributed by atoms with Crippen LogP contribution in [0.2, 0.25) is 10.2 Å². The number of piperazine rings is 1. The maximum absolute atomic E-state index is 12.6. The molecule has 1 N–H and O–H groups in total. The van der Waals surface area contributed by atoms with Gasteiger partial charge < -0.3 is 10.2 Å². The van der Waals surface area contributed by atoms with Gasteiger partial charge in [0.05, 0.1) is 22.9 Å². The Morgan fingerprint density at radius 3 is 2.50 bits per heavy atom. The van der Waals surface area contributed by atoms with Gasteiger partial charge in [0.15, 0.2) is 0 Å². The van der Waals surface area contributed by atoms with Crippen molar-refractivity contribution >= 4 is 46.8 Å². The van der Waals surface area contributed by atoms with Gasteiger partial charge in [-0.05, 0) is 31.1 Å². The maximum Gasteiger partial charge on any atom is 0.246 e. The number of para-hydroxylation sites is 1. The highest BCUT2D eigenvalue weighted by atomic mass is 35.5. The second-order valence-electron chi connectivity index (χ2n) is 8.33. The standard InChI is InChI=1S/C23H29Cl2N5O2/c1-16(2)14-30-23(25)18(17(3)27-30)8-9-22(32)29-12-10-28(11-13-29)15-21(31)26-20-7-5-4-6-19(20)24/h4-9,16H,10-15H2,1-3H3,(H,26,31)/b9-8+. The van der Waals surface area contributed by atoms with Gasteiger partial charge in [-0.25, -0.2) is 0 Å². The Kier molecular flexibility index (Phi) is 8.34. The SMILES string of the molecule is Cc1nn(CC(C)C)c(Cl)c1/C=C/C(=O)N1CCN(CC(=O)Nc2ccccc2Cl)CC1. The van der Waals surface area contributed by atoms with Crippen molar-refractivity contribution in [3.63, 3.8) is 0 Å². The smallest absolute Gasteiger partial charge is 0.246 e. The molecule has 7 nitrogen and oxygen atoms in total. The Labute approximate surface area is 199 Å². The fourth-order valence-electron chi connectivity index (χ4n) is 3.57. The van der Waals surface area contributed by atoms with E-state index in [1.165, 1.54) is 0 Å². The fourth-order valence-corrected chi connectivity index (χ4v) is 4.05. The number of nitrogens with zero attached hydrogens (tertiary/aromatic N) is 4. The Morgan fingerprint density at radius 2 is 1.84 bits per heavy atom. The van der Waals surface area contributed by atoms with E-state index < -0.39 is 0 Å². The Morgan fingerprint density at radius 1 is 1.16 bits per heavy atom. The molecule has 0 saturated carbocycles. The predicted octanol–water partition coefficient (Wildman–Crippen LogP) is 3.95. The highest BCUT2D eigenvalue weighted by Crippen LogP contribution is 2.23. The second kappa shape index (κ2) is 11.0. The lowest BCUT2D eigenvalue weighted by molar-refractivity contribution is -0.127. The average molecular weight is 478 g/mol. The molecule has 3 rings (SSSR count). The molecule has 172 valence electrons. The van der Waals surface area contributed by atoms with Crippen LogP contribution in [0.5, 0.6) is 0 Å². The van der Waals surface area contributed by atoms with Crippen molar-refractivity contribution in [2.24, 2.45) is 5.92 Å². The molecule has 2 aromatic rings. The first-order valence-electron chi connectivity index (χ1n) is 10.7. The van der Waals surface area contributed by atoms with Crippen LogP contribution in [0.25, 0.3) is 6.08 Å². The minimum atomic E-state index is -0.124. The van der Waals surface area contributed by atoms with E-state index in [1.807, 2.05) is 24.0 Å². The molecular weight excluding hydrogens is 449 g/mol. The molecule has 0 atom stereocenters. The van der Waals surface area contributed by atoms with Crippen LogP contribution < -0.4 is 5.32 Å². The number of hydrogen-bond acceptors (Lipinski definition) is 4. The van der Waals surface area contributed by atoms with Crippen molar-refractivity contribution in [1.82, 2.24) is 19.6 Å². The summed E-state index contributed by atoms with van der Waals surface area (Å²) in [5, 5.41) is 8.36. The number of amides is 2. The highest BCUT2D eigenvalue weighted by molar-refractivity contribution is 6.33. The van der Waals surface area contributed by atoms with Crippen LogP contribution >= 0.6 is 23.2 Å². The quantitative estimate of drug-likeness (QED) is 0.612. The summed E-state index contributed by atoms with van der Waals surface area (Å²) in [4.78, 5) is 28.8. The number of hydrogen-bond donors (Lipinski definition) is 1. The fraction of sp³-hybridized carbons (Fsp3) is 0.435. The first-order valence-corrected chi connectivity index (χ1v) is 11.5. The van der Waals surface area contributed by atoms with Gasteiger partial charge in [-0.2, -0.15) is 5.10 Å². The summed E-state index contributed by atoms with van der Waals surface area (Å²) in [6.07, 6.45) is 3.29. The van der Waals surface area contributed by atoms with Gasteiger partial charge in [0.25, 0.3) is 0 Å². The van der Waals surface area contributed by atoms with Crippen LogP contribution in [0.15, 0.2) is 30.3 Å². The van der Waals surface area contributed by atoms with Gasteiger partial charge in [-0.1, -0.05) is 49.2 Å². The number of carbonyl (C=O) groups is 2. The van der Waals surface area contributed by atoms with Gasteiger partial charge in [-0.15, -0.1) is 0 Å². The van der Waals surface area contributed by atoms with Crippen molar-refractivity contribution in [2.45, 2.75) is 27.3 Å². The van der Waals surface area contributed by atoms with Gasteiger partial charge in [0.2, 0.25) is 11.8 Å². The van der Waals surface area contributed by atoms with Crippen LogP contribution in [0.4, 0.5) is 5.69 Å². The normalized spacial score (nSPS) is 15.0. The molecule has 0 spiro atoms. The monoisotopic (exact) mass is 477 g/mol. The lowest BCUT2D eigenvalue weighted by Crippen LogP contribution is -2.50. The zero-order valence-electron chi connectivity index (χ0n) is 18.6. The third-order valence-electron chi connectivity index (χ3n) is 5.24. The van der Waals surface area contributed by atoms with E-state index in [2.05, 4.69) is 24.3 Å². The molecule has 32 heavy (non-hydrogen) atoms. The van der Waals surface area contributed by atoms with E-state index in [4.69, 9.17) is 23.2 Å². The number of halogens is 2. The Hall–Kier alpha value is -2.35. The van der Waals surface area contributed by atoms with E-state index in [9.17, 15) is 9.59 Å². The largest absolute Gasteiger partial charge is 0.337 e. The molecule has 1 aromatic carbocycles. The van der Waals surface area contributed by atoms with Crippen molar-refractivity contribution in [3.05, 3.63) is 51.8 Å². The van der Waals surface area contributed by atoms with Crippen molar-refractivity contribution in [3.8, 4) is 0 Å². The van der Waals surface area contributed by atoms with Crippen LogP contribution in [0, 0.1) is 12.8 Å². The Bertz CT molecular complexity index is 994. The lowest BCUT2D eigenvalue weighted by atomic mass is 10.2. The van der Waals surface area contributed by atoms with E-state index in [0.29, 0.717) is 48.0 Å². The number of rotatable bonds is 7. The molecule has 2 heterocycles. The van der Waals surface area contributed by atoms with Gasteiger partial charge in [0.1, 0.15) is 5.15 Å². The molecule has 9 heteroatoms. The first kappa shape index (κ1) is 24.3. The molecular formula is C23H29Cl2N5O2. The molecule has 0 unspecified atom stereocenters. The van der Waals surface area contributed by atoms with E-state index in [1.54, 1.807) is 33.9 Å². The average Bonchev–Trinajstić information content (AvgIpc) is 3.00. The highest BCUT2D eigenvalue weighted by Gasteiger charge is 2.22. The molecule has 1 aromatic heterocycles. The van der Waals surface area contributed by atoms with Crippen molar-refractivity contribution < 1.29 is 9.59 Å². The lowest BCUT2D eigenvalue weighted by Gasteiger charge is -2.33. The molecule has 2 amide bonds. The van der Waals surface area contributed by atoms with E-state index in [-0.39, 0.29) is 18.4 Å². The zero-order chi connectivity index (χ0) is 23.3. The molecule has 1 aliphatic rings. The predicted molar refractivity (Wildman–Crippen MR) is 129 cm³/mol. The van der Waals surface area contributed by atoms with Gasteiger partial charge in [0, 0.05) is 44.4 Å². The number of carbonyl (C=O) groups excluding carboxylic acids is 2. The van der Waals surface area contributed by atoms with E-state index in [0.717, 1.165) is 17.8 Å². The number of aryl methyl sites for hydroxylation is 1. The first-order chi connectivity index (χ1) is 15.2. The van der Waals surface area contributed by atoms with Gasteiger partial charge >= 0.3 is 0 Å². The van der Waals surface area contributed by atoms with Crippen LogP contribution in [0.1, 0.15) is 25.1 Å². The van der Waals surface area contributed by atoms with Crippen LogP contribution in [-0.4, -0.2) is 64.1 Å². The number of aromatic nitrogens is 2. The molecule has 1 fully saturated rings. The summed E-state index contributed by atoms with van der Waals surface area (Å²) in [5.74, 6) is 0.229. The van der Waals surface area contributed by atoms with Crippen LogP contribution in [0.3, 0.4) is 0 Å². The number of benzene rings is 1. The summed E-state index contributed by atoms with van der Waals surface area (Å²) in [6, 6.07) is 7.14. The minimum absolute atomic E-state index is 0.0720. The second-order valence-corrected chi connectivity index (χ2v) is 9.09. The topological polar surface area (TPSA) is 70.5 Å². The molecule has 1 saturated heterocycles.